The highest BCUT2D eigenvalue weighted by atomic mass is 16.5. The number of fused-ring (bicyclic) bond motifs is 1. The zero-order valence-electron chi connectivity index (χ0n) is 15.7. The van der Waals surface area contributed by atoms with Crippen LogP contribution in [0.25, 0.3) is 22.6 Å². The van der Waals surface area contributed by atoms with Crippen molar-refractivity contribution in [2.24, 2.45) is 0 Å². The number of oxazole rings is 1. The Bertz CT molecular complexity index is 1110. The number of nitrogens with one attached hydrogen (secondary N) is 1. The summed E-state index contributed by atoms with van der Waals surface area (Å²) in [7, 11) is 0. The van der Waals surface area contributed by atoms with Crippen LogP contribution >= 0.6 is 0 Å². The van der Waals surface area contributed by atoms with Gasteiger partial charge in [-0.2, -0.15) is 0 Å². The van der Waals surface area contributed by atoms with Gasteiger partial charge in [-0.05, 0) is 61.4 Å². The molecule has 140 valence electrons. The fourth-order valence-corrected chi connectivity index (χ4v) is 3.03. The van der Waals surface area contributed by atoms with Crippen molar-refractivity contribution in [1.82, 2.24) is 4.98 Å². The molecule has 0 radical (unpaired) electrons. The predicted molar refractivity (Wildman–Crippen MR) is 109 cm³/mol. The average molecular weight is 372 g/mol. The number of benzene rings is 3. The number of nitrogens with zero attached hydrogens (tertiary/aromatic N) is 1. The van der Waals surface area contributed by atoms with E-state index in [9.17, 15) is 4.79 Å². The maximum Gasteiger partial charge on any atom is 0.262 e. The molecule has 0 bridgehead atoms. The first-order valence-corrected chi connectivity index (χ1v) is 9.05. The third-order valence-corrected chi connectivity index (χ3v) is 4.49. The summed E-state index contributed by atoms with van der Waals surface area (Å²) >= 11 is 0. The molecule has 0 spiro atoms. The van der Waals surface area contributed by atoms with Gasteiger partial charge >= 0.3 is 0 Å². The highest BCUT2D eigenvalue weighted by Crippen LogP contribution is 2.30. The van der Waals surface area contributed by atoms with Gasteiger partial charge in [0.1, 0.15) is 11.3 Å². The Balaban J connectivity index is 1.51. The number of hydrogen-bond donors (Lipinski definition) is 1. The van der Waals surface area contributed by atoms with Crippen molar-refractivity contribution in [3.63, 3.8) is 0 Å². The Morgan fingerprint density at radius 3 is 2.68 bits per heavy atom. The molecule has 3 aromatic carbocycles. The molecule has 0 aliphatic rings. The molecule has 4 aromatic rings. The normalized spacial score (nSPS) is 10.8. The molecule has 1 amide bonds. The smallest absolute Gasteiger partial charge is 0.262 e. The molecule has 1 N–H and O–H groups in total. The molecule has 4 rings (SSSR count). The van der Waals surface area contributed by atoms with Crippen LogP contribution < -0.4 is 10.1 Å². The van der Waals surface area contributed by atoms with Crippen LogP contribution in [-0.2, 0) is 4.79 Å². The minimum Gasteiger partial charge on any atom is -0.484 e. The fraction of sp³-hybridized carbons (Fsp3) is 0.130. The number of carbonyl (C=O) groups excluding carboxylic acids is 1. The largest absolute Gasteiger partial charge is 0.484 e. The van der Waals surface area contributed by atoms with E-state index in [0.717, 1.165) is 27.8 Å². The number of hydrogen-bond acceptors (Lipinski definition) is 4. The summed E-state index contributed by atoms with van der Waals surface area (Å²) in [5.74, 6) is 0.984. The zero-order valence-corrected chi connectivity index (χ0v) is 15.7. The maximum absolute atomic E-state index is 12.3. The molecule has 5 nitrogen and oxygen atoms in total. The van der Waals surface area contributed by atoms with Crippen LogP contribution in [0.3, 0.4) is 0 Å². The van der Waals surface area contributed by atoms with Crippen molar-refractivity contribution in [3.8, 4) is 17.2 Å². The lowest BCUT2D eigenvalue weighted by Crippen LogP contribution is -2.20. The lowest BCUT2D eigenvalue weighted by molar-refractivity contribution is -0.118. The number of para-hydroxylation sites is 2. The van der Waals surface area contributed by atoms with Gasteiger partial charge in [0.15, 0.2) is 12.2 Å². The van der Waals surface area contributed by atoms with E-state index in [4.69, 9.17) is 9.15 Å². The Morgan fingerprint density at radius 1 is 1.04 bits per heavy atom. The SMILES string of the molecule is Cc1cccc(OCC(=O)Nc2cccc(-c3nc4ccccc4o3)c2C)c1. The Labute approximate surface area is 163 Å². The molecule has 1 aromatic heterocycles. The molecular formula is C23H20N2O3. The van der Waals surface area contributed by atoms with Gasteiger partial charge in [-0.25, -0.2) is 4.98 Å². The van der Waals surface area contributed by atoms with E-state index >= 15 is 0 Å². The lowest BCUT2D eigenvalue weighted by Gasteiger charge is -2.12. The summed E-state index contributed by atoms with van der Waals surface area (Å²) in [5, 5.41) is 2.91. The van der Waals surface area contributed by atoms with Gasteiger partial charge in [-0.3, -0.25) is 4.79 Å². The van der Waals surface area contributed by atoms with E-state index in [-0.39, 0.29) is 12.5 Å². The van der Waals surface area contributed by atoms with Gasteiger partial charge in [0, 0.05) is 11.3 Å². The van der Waals surface area contributed by atoms with Crippen LogP contribution in [0.1, 0.15) is 11.1 Å². The van der Waals surface area contributed by atoms with Gasteiger partial charge < -0.3 is 14.5 Å². The topological polar surface area (TPSA) is 64.4 Å². The molecule has 0 aliphatic carbocycles. The predicted octanol–water partition coefficient (Wildman–Crippen LogP) is 5.13. The number of anilines is 1. The van der Waals surface area contributed by atoms with E-state index in [1.54, 1.807) is 0 Å². The standard InChI is InChI=1S/C23H20N2O3/c1-15-7-5-8-17(13-15)27-14-22(26)24-19-11-6-9-18(16(19)2)23-25-20-10-3-4-12-21(20)28-23/h3-13H,14H2,1-2H3,(H,24,26). The molecule has 1 heterocycles. The summed E-state index contributed by atoms with van der Waals surface area (Å²) in [5.41, 5.74) is 5.06. The molecular weight excluding hydrogens is 352 g/mol. The number of ether oxygens (including phenoxy) is 1. The Hall–Kier alpha value is -3.60. The average Bonchev–Trinajstić information content (AvgIpc) is 3.12. The van der Waals surface area contributed by atoms with Crippen LogP contribution in [0.5, 0.6) is 5.75 Å². The lowest BCUT2D eigenvalue weighted by atomic mass is 10.1. The number of amides is 1. The fourth-order valence-electron chi connectivity index (χ4n) is 3.03. The quantitative estimate of drug-likeness (QED) is 0.527. The highest BCUT2D eigenvalue weighted by Gasteiger charge is 2.14. The monoisotopic (exact) mass is 372 g/mol. The van der Waals surface area contributed by atoms with Crippen molar-refractivity contribution < 1.29 is 13.9 Å². The first-order chi connectivity index (χ1) is 13.6. The van der Waals surface area contributed by atoms with Crippen molar-refractivity contribution >= 4 is 22.7 Å². The van der Waals surface area contributed by atoms with Crippen molar-refractivity contribution in [3.05, 3.63) is 77.9 Å². The molecule has 0 saturated carbocycles. The number of carbonyl (C=O) groups is 1. The second-order valence-corrected chi connectivity index (χ2v) is 6.62. The third kappa shape index (κ3) is 3.74. The molecule has 5 heteroatoms. The second kappa shape index (κ2) is 7.56. The number of rotatable bonds is 5. The molecule has 0 unspecified atom stereocenters. The van der Waals surface area contributed by atoms with Crippen LogP contribution in [-0.4, -0.2) is 17.5 Å². The van der Waals surface area contributed by atoms with Crippen molar-refractivity contribution in [2.75, 3.05) is 11.9 Å². The zero-order chi connectivity index (χ0) is 19.5. The van der Waals surface area contributed by atoms with Crippen LogP contribution in [0, 0.1) is 13.8 Å². The maximum atomic E-state index is 12.3. The summed E-state index contributed by atoms with van der Waals surface area (Å²) in [4.78, 5) is 16.9. The molecule has 28 heavy (non-hydrogen) atoms. The summed E-state index contributed by atoms with van der Waals surface area (Å²) in [6.07, 6.45) is 0. The van der Waals surface area contributed by atoms with Gasteiger partial charge in [0.2, 0.25) is 5.89 Å². The first kappa shape index (κ1) is 17.8. The van der Waals surface area contributed by atoms with E-state index in [1.807, 2.05) is 80.6 Å². The second-order valence-electron chi connectivity index (χ2n) is 6.62. The van der Waals surface area contributed by atoms with Crippen LogP contribution in [0.4, 0.5) is 5.69 Å². The highest BCUT2D eigenvalue weighted by molar-refractivity contribution is 5.93. The molecule has 0 fully saturated rings. The van der Waals surface area contributed by atoms with Crippen LogP contribution in [0.2, 0.25) is 0 Å². The number of aryl methyl sites for hydroxylation is 1. The van der Waals surface area contributed by atoms with Crippen molar-refractivity contribution in [2.45, 2.75) is 13.8 Å². The molecule has 0 aliphatic heterocycles. The van der Waals surface area contributed by atoms with Gasteiger partial charge in [-0.15, -0.1) is 0 Å². The summed E-state index contributed by atoms with van der Waals surface area (Å²) in [6.45, 7) is 3.85. The Morgan fingerprint density at radius 2 is 1.86 bits per heavy atom. The minimum absolute atomic E-state index is 0.0595. The van der Waals surface area contributed by atoms with Gasteiger partial charge in [-0.1, -0.05) is 30.3 Å². The van der Waals surface area contributed by atoms with E-state index < -0.39 is 0 Å². The van der Waals surface area contributed by atoms with Crippen molar-refractivity contribution in [1.29, 1.82) is 0 Å². The molecule has 0 saturated heterocycles. The number of aromatic nitrogens is 1. The van der Waals surface area contributed by atoms with E-state index in [2.05, 4.69) is 10.3 Å². The minimum atomic E-state index is -0.223. The molecule has 0 atom stereocenters. The first-order valence-electron chi connectivity index (χ1n) is 9.05. The van der Waals surface area contributed by atoms with Gasteiger partial charge in [0.25, 0.3) is 5.91 Å². The summed E-state index contributed by atoms with van der Waals surface area (Å²) in [6, 6.07) is 20.9. The summed E-state index contributed by atoms with van der Waals surface area (Å²) < 4.78 is 11.4. The third-order valence-electron chi connectivity index (χ3n) is 4.49. The Kier molecular flexibility index (Phi) is 4.81. The van der Waals surface area contributed by atoms with Crippen LogP contribution in [0.15, 0.2) is 71.1 Å². The van der Waals surface area contributed by atoms with Gasteiger partial charge in [0.05, 0.1) is 0 Å². The van der Waals surface area contributed by atoms with E-state index in [0.29, 0.717) is 17.3 Å². The van der Waals surface area contributed by atoms with E-state index in [1.165, 1.54) is 0 Å².